The van der Waals surface area contributed by atoms with Gasteiger partial charge in [-0.1, -0.05) is 0 Å². The summed E-state index contributed by atoms with van der Waals surface area (Å²) in [6, 6.07) is 0. The lowest BCUT2D eigenvalue weighted by Gasteiger charge is -2.13. The van der Waals surface area contributed by atoms with E-state index in [1.165, 1.54) is 7.11 Å². The van der Waals surface area contributed by atoms with Crippen LogP contribution in [0, 0.1) is 5.92 Å². The van der Waals surface area contributed by atoms with Crippen molar-refractivity contribution in [2.24, 2.45) is 5.92 Å². The van der Waals surface area contributed by atoms with E-state index in [9.17, 15) is 4.79 Å². The Balaban J connectivity index is 2.18. The van der Waals surface area contributed by atoms with Crippen LogP contribution in [-0.2, 0) is 9.47 Å². The van der Waals surface area contributed by atoms with Crippen LogP contribution in [0.1, 0.15) is 13.3 Å². The lowest BCUT2D eigenvalue weighted by Crippen LogP contribution is -2.31. The Morgan fingerprint density at radius 2 is 2.50 bits per heavy atom. The van der Waals surface area contributed by atoms with Crippen molar-refractivity contribution in [3.05, 3.63) is 0 Å². The number of ether oxygens (including phenoxy) is 2. The second-order valence-electron chi connectivity index (χ2n) is 3.00. The van der Waals surface area contributed by atoms with Gasteiger partial charge < -0.3 is 14.8 Å². The molecule has 70 valence electrons. The lowest BCUT2D eigenvalue weighted by atomic mass is 10.0. The third-order valence-corrected chi connectivity index (χ3v) is 2.23. The van der Waals surface area contributed by atoms with Gasteiger partial charge in [0.15, 0.2) is 0 Å². The van der Waals surface area contributed by atoms with Crippen molar-refractivity contribution in [2.45, 2.75) is 19.4 Å². The normalized spacial score (nSPS) is 28.5. The Morgan fingerprint density at radius 3 is 3.00 bits per heavy atom. The van der Waals surface area contributed by atoms with Gasteiger partial charge in [0.1, 0.15) is 0 Å². The Labute approximate surface area is 72.2 Å². The fourth-order valence-electron chi connectivity index (χ4n) is 1.33. The van der Waals surface area contributed by atoms with Crippen molar-refractivity contribution in [3.8, 4) is 0 Å². The molecule has 0 aliphatic carbocycles. The van der Waals surface area contributed by atoms with Gasteiger partial charge in [0.2, 0.25) is 0 Å². The average Bonchev–Trinajstić information content (AvgIpc) is 2.47. The number of alkyl carbamates (subject to hydrolysis) is 1. The molecular formula is C8H15NO3. The molecule has 1 heterocycles. The van der Waals surface area contributed by atoms with Gasteiger partial charge in [-0.25, -0.2) is 4.79 Å². The fourth-order valence-corrected chi connectivity index (χ4v) is 1.33. The zero-order chi connectivity index (χ0) is 8.97. The van der Waals surface area contributed by atoms with Crippen LogP contribution in [0.2, 0.25) is 0 Å². The zero-order valence-electron chi connectivity index (χ0n) is 7.50. The molecule has 2 unspecified atom stereocenters. The maximum Gasteiger partial charge on any atom is 0.406 e. The monoisotopic (exact) mass is 173 g/mol. The summed E-state index contributed by atoms with van der Waals surface area (Å²) in [5, 5.41) is 2.66. The molecule has 1 rings (SSSR count). The second kappa shape index (κ2) is 4.30. The van der Waals surface area contributed by atoms with Crippen molar-refractivity contribution >= 4 is 6.09 Å². The van der Waals surface area contributed by atoms with Gasteiger partial charge in [-0.3, -0.25) is 0 Å². The summed E-state index contributed by atoms with van der Waals surface area (Å²) in [4.78, 5) is 10.7. The quantitative estimate of drug-likeness (QED) is 0.670. The molecule has 0 radical (unpaired) electrons. The van der Waals surface area contributed by atoms with E-state index >= 15 is 0 Å². The first-order valence-corrected chi connectivity index (χ1v) is 4.17. The smallest absolute Gasteiger partial charge is 0.406 e. The number of rotatable bonds is 2. The molecule has 0 aromatic rings. The number of carbonyl (C=O) groups excluding carboxylic acids is 1. The highest BCUT2D eigenvalue weighted by atomic mass is 16.5. The van der Waals surface area contributed by atoms with Gasteiger partial charge in [-0.05, 0) is 13.3 Å². The zero-order valence-corrected chi connectivity index (χ0v) is 7.50. The number of methoxy groups -OCH3 is 1. The van der Waals surface area contributed by atoms with Gasteiger partial charge in [-0.15, -0.1) is 0 Å². The van der Waals surface area contributed by atoms with Crippen LogP contribution in [0.4, 0.5) is 4.79 Å². The van der Waals surface area contributed by atoms with E-state index in [1.54, 1.807) is 0 Å². The minimum absolute atomic E-state index is 0.252. The maximum atomic E-state index is 10.7. The Morgan fingerprint density at radius 1 is 1.75 bits per heavy atom. The Hall–Kier alpha value is -0.770. The molecule has 0 spiro atoms. The molecule has 0 saturated carbocycles. The van der Waals surface area contributed by atoms with Gasteiger partial charge in [0.25, 0.3) is 0 Å². The standard InChI is InChI=1S/C8H15NO3/c1-6-7(3-4-12-6)5-9-8(10)11-2/h6-7H,3-5H2,1-2H3,(H,9,10). The van der Waals surface area contributed by atoms with Gasteiger partial charge >= 0.3 is 6.09 Å². The number of nitrogens with one attached hydrogen (secondary N) is 1. The molecule has 0 bridgehead atoms. The molecule has 4 nitrogen and oxygen atoms in total. The minimum atomic E-state index is -0.367. The fraction of sp³-hybridized carbons (Fsp3) is 0.875. The Bertz CT molecular complexity index is 160. The van der Waals surface area contributed by atoms with Crippen molar-refractivity contribution in [2.75, 3.05) is 20.3 Å². The Kier molecular flexibility index (Phi) is 3.34. The maximum absolute atomic E-state index is 10.7. The summed E-state index contributed by atoms with van der Waals surface area (Å²) in [5.41, 5.74) is 0. The highest BCUT2D eigenvalue weighted by molar-refractivity contribution is 5.66. The summed E-state index contributed by atoms with van der Waals surface area (Å²) in [6.07, 6.45) is 0.904. The third kappa shape index (κ3) is 2.37. The summed E-state index contributed by atoms with van der Waals surface area (Å²) in [7, 11) is 1.36. The van der Waals surface area contributed by atoms with E-state index in [4.69, 9.17) is 4.74 Å². The first kappa shape index (κ1) is 9.32. The van der Waals surface area contributed by atoms with E-state index in [1.807, 2.05) is 6.92 Å². The number of carbonyl (C=O) groups is 1. The largest absolute Gasteiger partial charge is 0.453 e. The van der Waals surface area contributed by atoms with Crippen molar-refractivity contribution in [1.82, 2.24) is 5.32 Å². The van der Waals surface area contributed by atoms with Crippen LogP contribution < -0.4 is 5.32 Å². The van der Waals surface area contributed by atoms with Crippen LogP contribution in [0.15, 0.2) is 0 Å². The first-order valence-electron chi connectivity index (χ1n) is 4.17. The molecule has 1 aliphatic rings. The second-order valence-corrected chi connectivity index (χ2v) is 3.00. The van der Waals surface area contributed by atoms with Crippen molar-refractivity contribution in [3.63, 3.8) is 0 Å². The van der Waals surface area contributed by atoms with Crippen LogP contribution in [0.5, 0.6) is 0 Å². The molecule has 1 amide bonds. The summed E-state index contributed by atoms with van der Waals surface area (Å²) in [5.74, 6) is 0.434. The average molecular weight is 173 g/mol. The number of amides is 1. The third-order valence-electron chi connectivity index (χ3n) is 2.23. The van der Waals surface area contributed by atoms with Crippen molar-refractivity contribution < 1.29 is 14.3 Å². The highest BCUT2D eigenvalue weighted by Gasteiger charge is 2.24. The molecule has 1 aliphatic heterocycles. The first-order chi connectivity index (χ1) is 5.74. The van der Waals surface area contributed by atoms with E-state index in [0.29, 0.717) is 12.5 Å². The lowest BCUT2D eigenvalue weighted by molar-refractivity contribution is 0.104. The molecule has 1 fully saturated rings. The predicted octanol–water partition coefficient (Wildman–Crippen LogP) is 0.767. The molecule has 12 heavy (non-hydrogen) atoms. The molecule has 0 aromatic carbocycles. The van der Waals surface area contributed by atoms with Gasteiger partial charge in [-0.2, -0.15) is 0 Å². The van der Waals surface area contributed by atoms with Crippen LogP contribution >= 0.6 is 0 Å². The summed E-state index contributed by atoms with van der Waals surface area (Å²) >= 11 is 0. The van der Waals surface area contributed by atoms with Crippen LogP contribution in [0.25, 0.3) is 0 Å². The molecular weight excluding hydrogens is 158 g/mol. The van der Waals surface area contributed by atoms with Crippen molar-refractivity contribution in [1.29, 1.82) is 0 Å². The summed E-state index contributed by atoms with van der Waals surface area (Å²) in [6.45, 7) is 3.47. The van der Waals surface area contributed by atoms with Gasteiger partial charge in [0.05, 0.1) is 13.2 Å². The molecule has 2 atom stereocenters. The van der Waals surface area contributed by atoms with Gasteiger partial charge in [0, 0.05) is 19.1 Å². The topological polar surface area (TPSA) is 47.6 Å². The highest BCUT2D eigenvalue weighted by Crippen LogP contribution is 2.19. The van der Waals surface area contributed by atoms with E-state index < -0.39 is 0 Å². The van der Waals surface area contributed by atoms with Crippen LogP contribution in [0.3, 0.4) is 0 Å². The van der Waals surface area contributed by atoms with E-state index in [2.05, 4.69) is 10.1 Å². The summed E-state index contributed by atoms with van der Waals surface area (Å²) < 4.78 is 9.79. The van der Waals surface area contributed by atoms with E-state index in [-0.39, 0.29) is 12.2 Å². The van der Waals surface area contributed by atoms with E-state index in [0.717, 1.165) is 13.0 Å². The molecule has 1 saturated heterocycles. The minimum Gasteiger partial charge on any atom is -0.453 e. The van der Waals surface area contributed by atoms with Crippen LogP contribution in [-0.4, -0.2) is 32.5 Å². The number of hydrogen-bond donors (Lipinski definition) is 1. The molecule has 4 heteroatoms. The predicted molar refractivity (Wildman–Crippen MR) is 43.9 cm³/mol. The SMILES string of the molecule is COC(=O)NCC1CCOC1C. The number of hydrogen-bond acceptors (Lipinski definition) is 3. The molecule has 1 N–H and O–H groups in total. The molecule has 0 aromatic heterocycles.